The van der Waals surface area contributed by atoms with Gasteiger partial charge in [0.05, 0.1) is 22.1 Å². The van der Waals surface area contributed by atoms with Gasteiger partial charge in [-0.2, -0.15) is 0 Å². The van der Waals surface area contributed by atoms with Gasteiger partial charge in [-0.1, -0.05) is 172 Å². The van der Waals surface area contributed by atoms with Crippen LogP contribution in [0.2, 0.25) is 0 Å². The SMILES string of the molecule is CCc1ccc2c(c1)c1cc(N(c3ccccc3)c3ccc(-c4c5ccccc5c(-c5ccc(N(c6ccccc6)c6ccc7c(c6)c6cc(CC)ccc6n7-c6ccccc6)cc5)c5ccccc45)cc3)ccc1n2-c1ccccc1. The molecule has 0 bridgehead atoms. The molecule has 0 aliphatic carbocycles. The molecule has 13 aromatic carbocycles. The van der Waals surface area contributed by atoms with Crippen molar-refractivity contribution in [2.24, 2.45) is 0 Å². The van der Waals surface area contributed by atoms with Crippen LogP contribution in [0.15, 0.2) is 291 Å². The zero-order valence-corrected chi connectivity index (χ0v) is 45.9. The highest BCUT2D eigenvalue weighted by Gasteiger charge is 2.22. The maximum Gasteiger partial charge on any atom is 0.0542 e. The highest BCUT2D eigenvalue weighted by Crippen LogP contribution is 2.47. The van der Waals surface area contributed by atoms with E-state index in [1.165, 1.54) is 98.5 Å². The van der Waals surface area contributed by atoms with Gasteiger partial charge < -0.3 is 18.9 Å². The van der Waals surface area contributed by atoms with Crippen molar-refractivity contribution in [1.29, 1.82) is 0 Å². The zero-order chi connectivity index (χ0) is 54.7. The first kappa shape index (κ1) is 48.7. The van der Waals surface area contributed by atoms with E-state index < -0.39 is 0 Å². The molecule has 0 spiro atoms. The minimum atomic E-state index is 0.980. The topological polar surface area (TPSA) is 16.3 Å². The van der Waals surface area contributed by atoms with Crippen molar-refractivity contribution in [1.82, 2.24) is 9.13 Å². The molecule has 0 N–H and O–H groups in total. The Morgan fingerprint density at radius 1 is 0.244 bits per heavy atom. The molecule has 0 saturated heterocycles. The first-order valence-corrected chi connectivity index (χ1v) is 28.7. The Morgan fingerprint density at radius 2 is 0.524 bits per heavy atom. The van der Waals surface area contributed by atoms with Crippen LogP contribution in [-0.2, 0) is 12.8 Å². The maximum atomic E-state index is 2.40. The van der Waals surface area contributed by atoms with Crippen molar-refractivity contribution < 1.29 is 0 Å². The number of anilines is 6. The van der Waals surface area contributed by atoms with Gasteiger partial charge in [0.15, 0.2) is 0 Å². The van der Waals surface area contributed by atoms with Crippen molar-refractivity contribution in [3.8, 4) is 33.6 Å². The van der Waals surface area contributed by atoms with E-state index >= 15 is 0 Å². The van der Waals surface area contributed by atoms with Crippen molar-refractivity contribution in [2.45, 2.75) is 26.7 Å². The number of benzene rings is 13. The van der Waals surface area contributed by atoms with E-state index in [1.807, 2.05) is 0 Å². The van der Waals surface area contributed by atoms with Crippen LogP contribution in [0.4, 0.5) is 34.1 Å². The van der Waals surface area contributed by atoms with E-state index in [4.69, 9.17) is 0 Å². The Hall–Kier alpha value is -10.4. The smallest absolute Gasteiger partial charge is 0.0542 e. The fraction of sp³-hybridized carbons (Fsp3) is 0.0513. The second-order valence-electron chi connectivity index (χ2n) is 21.4. The molecule has 0 fully saturated rings. The number of hydrogen-bond donors (Lipinski definition) is 0. The van der Waals surface area contributed by atoms with E-state index in [2.05, 4.69) is 324 Å². The number of para-hydroxylation sites is 4. The Morgan fingerprint density at radius 3 is 0.866 bits per heavy atom. The molecule has 0 unspecified atom stereocenters. The highest BCUT2D eigenvalue weighted by molar-refractivity contribution is 6.21. The lowest BCUT2D eigenvalue weighted by molar-refractivity contribution is 1.14. The van der Waals surface area contributed by atoms with Crippen LogP contribution in [0.3, 0.4) is 0 Å². The van der Waals surface area contributed by atoms with Crippen LogP contribution in [0.5, 0.6) is 0 Å². The third kappa shape index (κ3) is 8.22. The minimum absolute atomic E-state index is 0.980. The number of aryl methyl sites for hydroxylation is 2. The summed E-state index contributed by atoms with van der Waals surface area (Å²) in [6, 6.07) is 107. The van der Waals surface area contributed by atoms with E-state index in [9.17, 15) is 0 Å². The number of aromatic nitrogens is 2. The lowest BCUT2D eigenvalue weighted by atomic mass is 9.86. The van der Waals surface area contributed by atoms with Crippen molar-refractivity contribution in [3.63, 3.8) is 0 Å². The van der Waals surface area contributed by atoms with Crippen LogP contribution in [0.25, 0.3) is 98.8 Å². The third-order valence-corrected chi connectivity index (χ3v) is 16.8. The molecule has 2 aromatic heterocycles. The fourth-order valence-corrected chi connectivity index (χ4v) is 12.9. The summed E-state index contributed by atoms with van der Waals surface area (Å²) < 4.78 is 4.81. The molecule has 15 rings (SSSR count). The van der Waals surface area contributed by atoms with Gasteiger partial charge in [0.2, 0.25) is 0 Å². The Bertz CT molecular complexity index is 4480. The van der Waals surface area contributed by atoms with E-state index in [1.54, 1.807) is 0 Å². The summed E-state index contributed by atoms with van der Waals surface area (Å²) in [7, 11) is 0. The molecule has 15 aromatic rings. The van der Waals surface area contributed by atoms with Gasteiger partial charge in [0.25, 0.3) is 0 Å². The zero-order valence-electron chi connectivity index (χ0n) is 45.9. The lowest BCUT2D eigenvalue weighted by Crippen LogP contribution is -2.09. The third-order valence-electron chi connectivity index (χ3n) is 16.8. The predicted molar refractivity (Wildman–Crippen MR) is 349 cm³/mol. The van der Waals surface area contributed by atoms with Crippen molar-refractivity contribution in [3.05, 3.63) is 302 Å². The summed E-state index contributed by atoms with van der Waals surface area (Å²) in [5, 5.41) is 9.88. The summed E-state index contributed by atoms with van der Waals surface area (Å²) in [6.45, 7) is 4.47. The lowest BCUT2D eigenvalue weighted by Gasteiger charge is -2.26. The molecule has 82 heavy (non-hydrogen) atoms. The van der Waals surface area contributed by atoms with Crippen LogP contribution in [0.1, 0.15) is 25.0 Å². The average molecular weight is 1050 g/mol. The Kier molecular flexibility index (Phi) is 12.1. The second-order valence-corrected chi connectivity index (χ2v) is 21.4. The molecule has 0 aliphatic heterocycles. The summed E-state index contributed by atoms with van der Waals surface area (Å²) >= 11 is 0. The van der Waals surface area contributed by atoms with Crippen LogP contribution in [0, 0.1) is 0 Å². The van der Waals surface area contributed by atoms with Crippen LogP contribution >= 0.6 is 0 Å². The average Bonchev–Trinajstić information content (AvgIpc) is 3.92. The molecule has 4 heteroatoms. The van der Waals surface area contributed by atoms with Gasteiger partial charge >= 0.3 is 0 Å². The summed E-state index contributed by atoms with van der Waals surface area (Å²) in [5.41, 5.74) is 21.2. The summed E-state index contributed by atoms with van der Waals surface area (Å²) in [5.74, 6) is 0. The molecule has 0 atom stereocenters. The largest absolute Gasteiger partial charge is 0.310 e. The standard InChI is InChI=1S/C78H58N4/c1-3-53-33-45-73-69(49-53)71-51-63(43-47-75(71)81(73)59-25-13-7-14-26-59)79(57-21-9-5-10-22-57)61-39-35-55(36-40-61)77-65-29-17-19-31-67(65)78(68-32-20-18-30-66(68)77)56-37-41-62(42-38-56)80(58-23-11-6-12-24-58)64-44-48-76-72(52-64)70-50-54(4-2)34-46-74(70)82(76)60-27-15-8-16-28-60/h5-52H,3-4H2,1-2H3. The quantitative estimate of drug-likeness (QED) is 0.113. The maximum absolute atomic E-state index is 2.40. The highest BCUT2D eigenvalue weighted by atomic mass is 15.1. The van der Waals surface area contributed by atoms with Crippen LogP contribution < -0.4 is 9.80 Å². The molecule has 0 amide bonds. The van der Waals surface area contributed by atoms with Gasteiger partial charge in [-0.15, -0.1) is 0 Å². The summed E-state index contributed by atoms with van der Waals surface area (Å²) in [4.78, 5) is 4.79. The Balaban J connectivity index is 0.826. The van der Waals surface area contributed by atoms with Crippen LogP contribution in [-0.4, -0.2) is 9.13 Å². The predicted octanol–water partition coefficient (Wildman–Crippen LogP) is 21.6. The van der Waals surface area contributed by atoms with Crippen molar-refractivity contribution in [2.75, 3.05) is 9.80 Å². The summed E-state index contributed by atoms with van der Waals surface area (Å²) in [6.07, 6.45) is 1.96. The first-order valence-electron chi connectivity index (χ1n) is 28.7. The first-order chi connectivity index (χ1) is 40.6. The molecule has 0 saturated carbocycles. The molecule has 390 valence electrons. The molecular weight excluding hydrogens is 993 g/mol. The van der Waals surface area contributed by atoms with E-state index in [-0.39, 0.29) is 0 Å². The monoisotopic (exact) mass is 1050 g/mol. The number of hydrogen-bond acceptors (Lipinski definition) is 2. The van der Waals surface area contributed by atoms with Gasteiger partial charge in [-0.25, -0.2) is 0 Å². The molecule has 0 aliphatic rings. The number of rotatable bonds is 12. The van der Waals surface area contributed by atoms with Gasteiger partial charge in [0.1, 0.15) is 0 Å². The van der Waals surface area contributed by atoms with E-state index in [0.29, 0.717) is 0 Å². The minimum Gasteiger partial charge on any atom is -0.310 e. The normalized spacial score (nSPS) is 11.6. The molecule has 4 nitrogen and oxygen atoms in total. The fourth-order valence-electron chi connectivity index (χ4n) is 12.9. The van der Waals surface area contributed by atoms with Gasteiger partial charge in [-0.3, -0.25) is 0 Å². The molecular formula is C78H58N4. The molecule has 2 heterocycles. The van der Waals surface area contributed by atoms with Crippen molar-refractivity contribution >= 4 is 99.3 Å². The van der Waals surface area contributed by atoms with Gasteiger partial charge in [-0.05, 0) is 201 Å². The second kappa shape index (κ2) is 20.4. The molecule has 0 radical (unpaired) electrons. The number of nitrogens with zero attached hydrogens (tertiary/aromatic N) is 4. The Labute approximate surface area is 478 Å². The van der Waals surface area contributed by atoms with Gasteiger partial charge in [0, 0.05) is 67.0 Å². The van der Waals surface area contributed by atoms with E-state index in [0.717, 1.165) is 58.3 Å². The number of fused-ring (bicyclic) bond motifs is 8.